The standard InChI is InChI=1S/C16H24N2O/c1-12(2)14(17)15(19)18-11-16(9-6-10-16)13-7-4-3-5-8-13/h3-5,7-8,12,14H,6,9-11,17H2,1-2H3,(H,18,19). The molecule has 0 aliphatic heterocycles. The van der Waals surface area contributed by atoms with Gasteiger partial charge in [-0.15, -0.1) is 0 Å². The largest absolute Gasteiger partial charge is 0.354 e. The average Bonchev–Trinajstić information content (AvgIpc) is 2.37. The van der Waals surface area contributed by atoms with Crippen LogP contribution in [0.1, 0.15) is 38.7 Å². The summed E-state index contributed by atoms with van der Waals surface area (Å²) in [6, 6.07) is 10.1. The lowest BCUT2D eigenvalue weighted by atomic mass is 9.64. The molecule has 0 bridgehead atoms. The Morgan fingerprint density at radius 1 is 1.32 bits per heavy atom. The third-order valence-corrected chi connectivity index (χ3v) is 4.32. The van der Waals surface area contributed by atoms with Gasteiger partial charge in [0.25, 0.3) is 0 Å². The highest BCUT2D eigenvalue weighted by Gasteiger charge is 2.39. The molecular formula is C16H24N2O. The van der Waals surface area contributed by atoms with Crippen molar-refractivity contribution in [2.75, 3.05) is 6.54 Å². The first-order chi connectivity index (χ1) is 9.05. The Labute approximate surface area is 115 Å². The first-order valence-corrected chi connectivity index (χ1v) is 7.14. The summed E-state index contributed by atoms with van der Waals surface area (Å²) in [5, 5.41) is 3.04. The summed E-state index contributed by atoms with van der Waals surface area (Å²) in [6.07, 6.45) is 3.53. The zero-order valence-corrected chi connectivity index (χ0v) is 11.9. The second-order valence-corrected chi connectivity index (χ2v) is 5.99. The maximum atomic E-state index is 12.0. The van der Waals surface area contributed by atoms with E-state index in [9.17, 15) is 4.79 Å². The summed E-state index contributed by atoms with van der Waals surface area (Å²) in [6.45, 7) is 4.65. The third-order valence-electron chi connectivity index (χ3n) is 4.32. The summed E-state index contributed by atoms with van der Waals surface area (Å²) in [4.78, 5) is 12.0. The van der Waals surface area contributed by atoms with Gasteiger partial charge >= 0.3 is 0 Å². The van der Waals surface area contributed by atoms with Gasteiger partial charge in [0.2, 0.25) is 5.91 Å². The maximum Gasteiger partial charge on any atom is 0.237 e. The monoisotopic (exact) mass is 260 g/mol. The van der Waals surface area contributed by atoms with Crippen molar-refractivity contribution >= 4 is 5.91 Å². The summed E-state index contributed by atoms with van der Waals surface area (Å²) in [5.74, 6) is 0.145. The second kappa shape index (κ2) is 5.74. The molecule has 0 heterocycles. The number of amides is 1. The molecule has 3 nitrogen and oxygen atoms in total. The van der Waals surface area contributed by atoms with Crippen molar-refractivity contribution in [3.8, 4) is 0 Å². The van der Waals surface area contributed by atoms with E-state index in [4.69, 9.17) is 5.73 Å². The normalized spacial score (nSPS) is 18.7. The van der Waals surface area contributed by atoms with E-state index >= 15 is 0 Å². The molecule has 1 amide bonds. The Kier molecular flexibility index (Phi) is 4.25. The fourth-order valence-electron chi connectivity index (χ4n) is 2.64. The van der Waals surface area contributed by atoms with Crippen LogP contribution in [0.15, 0.2) is 30.3 Å². The molecule has 0 aromatic heterocycles. The predicted molar refractivity (Wildman–Crippen MR) is 77.8 cm³/mol. The highest BCUT2D eigenvalue weighted by Crippen LogP contribution is 2.43. The smallest absolute Gasteiger partial charge is 0.237 e. The minimum Gasteiger partial charge on any atom is -0.354 e. The van der Waals surface area contributed by atoms with Crippen LogP contribution in [0, 0.1) is 5.92 Å². The van der Waals surface area contributed by atoms with Gasteiger partial charge in [-0.05, 0) is 24.3 Å². The van der Waals surface area contributed by atoms with Gasteiger partial charge in [0.1, 0.15) is 0 Å². The lowest BCUT2D eigenvalue weighted by Crippen LogP contribution is -2.51. The zero-order chi connectivity index (χ0) is 13.9. The number of carbonyl (C=O) groups is 1. The molecule has 104 valence electrons. The lowest BCUT2D eigenvalue weighted by molar-refractivity contribution is -0.123. The molecule has 1 unspecified atom stereocenters. The fourth-order valence-corrected chi connectivity index (χ4v) is 2.64. The van der Waals surface area contributed by atoms with Gasteiger partial charge < -0.3 is 11.1 Å². The quantitative estimate of drug-likeness (QED) is 0.853. The molecule has 1 aliphatic carbocycles. The van der Waals surface area contributed by atoms with E-state index in [0.29, 0.717) is 6.54 Å². The molecule has 1 aromatic rings. The Morgan fingerprint density at radius 2 is 1.95 bits per heavy atom. The highest BCUT2D eigenvalue weighted by molar-refractivity contribution is 5.81. The number of hydrogen-bond acceptors (Lipinski definition) is 2. The summed E-state index contributed by atoms with van der Waals surface area (Å²) >= 11 is 0. The van der Waals surface area contributed by atoms with Crippen molar-refractivity contribution in [1.29, 1.82) is 0 Å². The molecule has 1 aromatic carbocycles. The highest BCUT2D eigenvalue weighted by atomic mass is 16.2. The first-order valence-electron chi connectivity index (χ1n) is 7.14. The van der Waals surface area contributed by atoms with E-state index in [1.54, 1.807) is 0 Å². The van der Waals surface area contributed by atoms with Crippen LogP contribution in [0.5, 0.6) is 0 Å². The molecule has 3 N–H and O–H groups in total. The van der Waals surface area contributed by atoms with Crippen LogP contribution in [0.25, 0.3) is 0 Å². The van der Waals surface area contributed by atoms with Crippen molar-refractivity contribution in [2.24, 2.45) is 11.7 Å². The lowest BCUT2D eigenvalue weighted by Gasteiger charge is -2.43. The van der Waals surface area contributed by atoms with Crippen molar-refractivity contribution in [3.05, 3.63) is 35.9 Å². The van der Waals surface area contributed by atoms with Crippen molar-refractivity contribution in [3.63, 3.8) is 0 Å². The van der Waals surface area contributed by atoms with Gasteiger partial charge in [0, 0.05) is 12.0 Å². The van der Waals surface area contributed by atoms with Gasteiger partial charge in [-0.25, -0.2) is 0 Å². The van der Waals surface area contributed by atoms with Gasteiger partial charge in [-0.2, -0.15) is 0 Å². The fraction of sp³-hybridized carbons (Fsp3) is 0.562. The van der Waals surface area contributed by atoms with Gasteiger partial charge in [0.15, 0.2) is 0 Å². The van der Waals surface area contributed by atoms with E-state index in [2.05, 4.69) is 29.6 Å². The Bertz CT molecular complexity index is 424. The number of nitrogens with two attached hydrogens (primary N) is 1. The zero-order valence-electron chi connectivity index (χ0n) is 11.9. The maximum absolute atomic E-state index is 12.0. The van der Waals surface area contributed by atoms with E-state index in [-0.39, 0.29) is 17.2 Å². The van der Waals surface area contributed by atoms with Crippen molar-refractivity contribution in [2.45, 2.75) is 44.6 Å². The van der Waals surface area contributed by atoms with Crippen molar-refractivity contribution < 1.29 is 4.79 Å². The molecule has 0 radical (unpaired) electrons. The average molecular weight is 260 g/mol. The minimum atomic E-state index is -0.409. The molecule has 2 rings (SSSR count). The Hall–Kier alpha value is -1.35. The second-order valence-electron chi connectivity index (χ2n) is 5.99. The Morgan fingerprint density at radius 3 is 2.42 bits per heavy atom. The van der Waals surface area contributed by atoms with Crippen LogP contribution >= 0.6 is 0 Å². The summed E-state index contributed by atoms with van der Waals surface area (Å²) in [7, 11) is 0. The molecule has 1 fully saturated rings. The van der Waals surface area contributed by atoms with E-state index in [1.165, 1.54) is 12.0 Å². The SMILES string of the molecule is CC(C)C(N)C(=O)NCC1(c2ccccc2)CCC1. The third kappa shape index (κ3) is 2.98. The van der Waals surface area contributed by atoms with Crippen LogP contribution in [0.3, 0.4) is 0 Å². The predicted octanol–water partition coefficient (Wildman–Crippen LogP) is 2.21. The molecule has 0 spiro atoms. The number of carbonyl (C=O) groups excluding carboxylic acids is 1. The molecule has 0 saturated heterocycles. The van der Waals surface area contributed by atoms with Crippen LogP contribution in [0.4, 0.5) is 0 Å². The number of hydrogen-bond donors (Lipinski definition) is 2. The molecule has 1 saturated carbocycles. The number of nitrogens with one attached hydrogen (secondary N) is 1. The molecule has 1 aliphatic rings. The van der Waals surface area contributed by atoms with Crippen LogP contribution in [0.2, 0.25) is 0 Å². The van der Waals surface area contributed by atoms with Crippen LogP contribution in [-0.4, -0.2) is 18.5 Å². The molecule has 1 atom stereocenters. The van der Waals surface area contributed by atoms with E-state index in [0.717, 1.165) is 12.8 Å². The minimum absolute atomic E-state index is 0.0304. The number of benzene rings is 1. The van der Waals surface area contributed by atoms with Gasteiger partial charge in [0.05, 0.1) is 6.04 Å². The van der Waals surface area contributed by atoms with Gasteiger partial charge in [-0.1, -0.05) is 50.6 Å². The summed E-state index contributed by atoms with van der Waals surface area (Å²) in [5.41, 5.74) is 7.34. The van der Waals surface area contributed by atoms with Gasteiger partial charge in [-0.3, -0.25) is 4.79 Å². The van der Waals surface area contributed by atoms with E-state index in [1.807, 2.05) is 19.9 Å². The van der Waals surface area contributed by atoms with Crippen molar-refractivity contribution in [1.82, 2.24) is 5.32 Å². The molecule has 3 heteroatoms. The Balaban J connectivity index is 1.99. The molecule has 19 heavy (non-hydrogen) atoms. The summed E-state index contributed by atoms with van der Waals surface area (Å²) < 4.78 is 0. The van der Waals surface area contributed by atoms with Crippen LogP contribution < -0.4 is 11.1 Å². The molecular weight excluding hydrogens is 236 g/mol. The number of rotatable bonds is 5. The topological polar surface area (TPSA) is 55.1 Å². The van der Waals surface area contributed by atoms with E-state index < -0.39 is 6.04 Å². The van der Waals surface area contributed by atoms with Crippen LogP contribution in [-0.2, 0) is 10.2 Å². The first kappa shape index (κ1) is 14.1.